The van der Waals surface area contributed by atoms with Crippen molar-refractivity contribution in [2.45, 2.75) is 24.7 Å². The summed E-state index contributed by atoms with van der Waals surface area (Å²) >= 11 is 0. The molecule has 1 aromatic heterocycles. The van der Waals surface area contributed by atoms with Crippen LogP contribution in [0.1, 0.15) is 19.8 Å². The lowest BCUT2D eigenvalue weighted by molar-refractivity contribution is 0.288. The second kappa shape index (κ2) is 7.96. The number of ether oxygens (including phenoxy) is 1. The Hall–Kier alpha value is -2.71. The van der Waals surface area contributed by atoms with E-state index in [1.54, 1.807) is 35.7 Å². The van der Waals surface area contributed by atoms with E-state index >= 15 is 0 Å². The summed E-state index contributed by atoms with van der Waals surface area (Å²) in [6.45, 7) is 3.26. The van der Waals surface area contributed by atoms with Crippen molar-refractivity contribution in [1.82, 2.24) is 14.5 Å². The lowest BCUT2D eigenvalue weighted by atomic mass is 10.0. The monoisotopic (exact) mass is 413 g/mol. The van der Waals surface area contributed by atoms with Crippen molar-refractivity contribution in [2.75, 3.05) is 20.2 Å². The van der Waals surface area contributed by atoms with Gasteiger partial charge in [-0.05, 0) is 61.2 Å². The van der Waals surface area contributed by atoms with Gasteiger partial charge in [-0.25, -0.2) is 8.42 Å². The smallest absolute Gasteiger partial charge is 0.248 e. The molecule has 0 spiro atoms. The lowest BCUT2D eigenvalue weighted by Crippen LogP contribution is -2.37. The Balaban J connectivity index is 1.60. The number of hydrogen-bond donors (Lipinski definition) is 0. The highest BCUT2D eigenvalue weighted by molar-refractivity contribution is 7.89. The Morgan fingerprint density at radius 1 is 1.00 bits per heavy atom. The summed E-state index contributed by atoms with van der Waals surface area (Å²) in [5.74, 6) is 1.93. The summed E-state index contributed by atoms with van der Waals surface area (Å²) in [4.78, 5) is 0.244. The van der Waals surface area contributed by atoms with Crippen LogP contribution in [0.2, 0.25) is 0 Å². The highest BCUT2D eigenvalue weighted by Crippen LogP contribution is 2.29. The number of hydrogen-bond acceptors (Lipinski definition) is 6. The number of methoxy groups -OCH3 is 1. The van der Waals surface area contributed by atoms with Crippen molar-refractivity contribution < 1.29 is 17.6 Å². The average molecular weight is 413 g/mol. The highest BCUT2D eigenvalue weighted by Gasteiger charge is 2.28. The molecule has 0 N–H and O–H groups in total. The van der Waals surface area contributed by atoms with E-state index in [2.05, 4.69) is 17.1 Å². The minimum absolute atomic E-state index is 0.244. The van der Waals surface area contributed by atoms with Crippen molar-refractivity contribution in [3.05, 3.63) is 48.5 Å². The third kappa shape index (κ3) is 4.04. The van der Waals surface area contributed by atoms with Gasteiger partial charge in [0.2, 0.25) is 21.8 Å². The van der Waals surface area contributed by atoms with Gasteiger partial charge >= 0.3 is 0 Å². The Morgan fingerprint density at radius 2 is 1.66 bits per heavy atom. The van der Waals surface area contributed by atoms with Gasteiger partial charge in [0.1, 0.15) is 5.75 Å². The summed E-state index contributed by atoms with van der Waals surface area (Å²) in [6.07, 6.45) is 1.77. The minimum atomic E-state index is -3.54. The number of sulfonamides is 1. The van der Waals surface area contributed by atoms with Gasteiger partial charge in [-0.1, -0.05) is 13.0 Å². The molecule has 0 bridgehead atoms. The molecule has 0 unspecified atom stereocenters. The molecule has 29 heavy (non-hydrogen) atoms. The summed E-state index contributed by atoms with van der Waals surface area (Å²) < 4.78 is 38.5. The lowest BCUT2D eigenvalue weighted by Gasteiger charge is -2.29. The second-order valence-electron chi connectivity index (χ2n) is 7.26. The molecule has 1 aliphatic heterocycles. The molecular formula is C21H23N3O4S. The number of piperidine rings is 1. The zero-order valence-electron chi connectivity index (χ0n) is 16.4. The number of nitrogens with zero attached hydrogens (tertiary/aromatic N) is 3. The minimum Gasteiger partial charge on any atom is -0.497 e. The van der Waals surface area contributed by atoms with Crippen LogP contribution < -0.4 is 4.74 Å². The molecule has 8 heteroatoms. The standard InChI is InChI=1S/C21H23N3O4S/c1-15-10-12-24(13-11-15)29(25,26)19-5-3-4-17(14-19)21-23-22-20(28-21)16-6-8-18(27-2)9-7-16/h3-9,14-15H,10-13H2,1-2H3. The molecule has 2 heterocycles. The number of rotatable bonds is 5. The number of aromatic nitrogens is 2. The fourth-order valence-electron chi connectivity index (χ4n) is 3.35. The van der Waals surface area contributed by atoms with E-state index < -0.39 is 10.0 Å². The fourth-order valence-corrected chi connectivity index (χ4v) is 4.87. The third-order valence-corrected chi connectivity index (χ3v) is 7.12. The van der Waals surface area contributed by atoms with Crippen molar-refractivity contribution in [3.63, 3.8) is 0 Å². The van der Waals surface area contributed by atoms with Crippen LogP contribution in [-0.2, 0) is 10.0 Å². The molecule has 0 amide bonds. The summed E-state index contributed by atoms with van der Waals surface area (Å²) in [5, 5.41) is 8.19. The molecule has 1 aliphatic rings. The number of benzene rings is 2. The molecule has 7 nitrogen and oxygen atoms in total. The first-order valence-corrected chi connectivity index (χ1v) is 11.0. The van der Waals surface area contributed by atoms with Gasteiger partial charge in [0, 0.05) is 24.2 Å². The molecule has 0 saturated carbocycles. The van der Waals surface area contributed by atoms with Gasteiger partial charge in [-0.15, -0.1) is 10.2 Å². The Labute approximate surface area is 170 Å². The third-order valence-electron chi connectivity index (χ3n) is 5.22. The summed E-state index contributed by atoms with van der Waals surface area (Å²) in [6, 6.07) is 13.9. The zero-order valence-corrected chi connectivity index (χ0v) is 17.2. The first-order chi connectivity index (χ1) is 14.0. The molecule has 152 valence electrons. The van der Waals surface area contributed by atoms with Crippen LogP contribution >= 0.6 is 0 Å². The molecule has 1 fully saturated rings. The van der Waals surface area contributed by atoms with Gasteiger partial charge in [-0.3, -0.25) is 0 Å². The van der Waals surface area contributed by atoms with Gasteiger partial charge in [0.15, 0.2) is 0 Å². The predicted molar refractivity (Wildman–Crippen MR) is 109 cm³/mol. The van der Waals surface area contributed by atoms with Crippen LogP contribution in [0, 0.1) is 5.92 Å². The predicted octanol–water partition coefficient (Wildman–Crippen LogP) is 3.83. The van der Waals surface area contributed by atoms with E-state index in [1.165, 1.54) is 0 Å². The maximum Gasteiger partial charge on any atom is 0.248 e. The Bertz CT molecular complexity index is 1090. The first kappa shape index (κ1) is 19.6. The van der Waals surface area contributed by atoms with Crippen molar-refractivity contribution in [2.24, 2.45) is 5.92 Å². The van der Waals surface area contributed by atoms with E-state index in [9.17, 15) is 8.42 Å². The first-order valence-electron chi connectivity index (χ1n) is 9.56. The molecule has 3 aromatic rings. The molecule has 0 atom stereocenters. The van der Waals surface area contributed by atoms with Crippen molar-refractivity contribution in [1.29, 1.82) is 0 Å². The van der Waals surface area contributed by atoms with Crippen molar-refractivity contribution >= 4 is 10.0 Å². The quantitative estimate of drug-likeness (QED) is 0.632. The van der Waals surface area contributed by atoms with Crippen LogP contribution in [-0.4, -0.2) is 43.1 Å². The maximum absolute atomic E-state index is 13.0. The maximum atomic E-state index is 13.0. The largest absolute Gasteiger partial charge is 0.497 e. The van der Waals surface area contributed by atoms with Crippen LogP contribution in [0.4, 0.5) is 0 Å². The van der Waals surface area contributed by atoms with E-state index in [-0.39, 0.29) is 10.8 Å². The van der Waals surface area contributed by atoms with Crippen LogP contribution in [0.5, 0.6) is 5.75 Å². The van der Waals surface area contributed by atoms with Gasteiger partial charge < -0.3 is 9.15 Å². The van der Waals surface area contributed by atoms with Crippen molar-refractivity contribution in [3.8, 4) is 28.7 Å². The van der Waals surface area contributed by atoms with Crippen LogP contribution in [0.3, 0.4) is 0 Å². The Morgan fingerprint density at radius 3 is 2.31 bits per heavy atom. The van der Waals surface area contributed by atoms with E-state index in [1.807, 2.05) is 24.3 Å². The highest BCUT2D eigenvalue weighted by atomic mass is 32.2. The van der Waals surface area contributed by atoms with Gasteiger partial charge in [0.05, 0.1) is 12.0 Å². The zero-order chi connectivity index (χ0) is 20.4. The fraction of sp³-hybridized carbons (Fsp3) is 0.333. The Kier molecular flexibility index (Phi) is 5.38. The molecular weight excluding hydrogens is 390 g/mol. The molecule has 0 aliphatic carbocycles. The summed E-state index contributed by atoms with van der Waals surface area (Å²) in [5.41, 5.74) is 1.33. The molecule has 4 rings (SSSR count). The van der Waals surface area contributed by atoms with E-state index in [0.717, 1.165) is 24.2 Å². The average Bonchev–Trinajstić information content (AvgIpc) is 3.24. The summed E-state index contributed by atoms with van der Waals surface area (Å²) in [7, 11) is -1.94. The van der Waals surface area contributed by atoms with Gasteiger partial charge in [-0.2, -0.15) is 4.31 Å². The van der Waals surface area contributed by atoms with Crippen LogP contribution in [0.25, 0.3) is 22.9 Å². The SMILES string of the molecule is COc1ccc(-c2nnc(-c3cccc(S(=O)(=O)N4CCC(C)CC4)c3)o2)cc1. The molecule has 0 radical (unpaired) electrons. The van der Waals surface area contributed by atoms with Gasteiger partial charge in [0.25, 0.3) is 0 Å². The second-order valence-corrected chi connectivity index (χ2v) is 9.19. The van der Waals surface area contributed by atoms with E-state index in [4.69, 9.17) is 9.15 Å². The van der Waals surface area contributed by atoms with Crippen LogP contribution in [0.15, 0.2) is 57.8 Å². The topological polar surface area (TPSA) is 85.5 Å². The molecule has 1 saturated heterocycles. The van der Waals surface area contributed by atoms with E-state index in [0.29, 0.717) is 30.5 Å². The molecule has 2 aromatic carbocycles. The normalized spacial score (nSPS) is 16.1.